The molecule has 0 aromatic carbocycles. The minimum atomic E-state index is 0.369. The second kappa shape index (κ2) is 6.79. The Labute approximate surface area is 135 Å². The third kappa shape index (κ3) is 3.50. The molecule has 6 heteroatoms. The summed E-state index contributed by atoms with van der Waals surface area (Å²) >= 11 is 1.73. The Morgan fingerprint density at radius 1 is 1.36 bits per heavy atom. The molecular formula is C16H25N5S. The fourth-order valence-corrected chi connectivity index (χ4v) is 3.86. The van der Waals surface area contributed by atoms with Gasteiger partial charge < -0.3 is 16.4 Å². The van der Waals surface area contributed by atoms with E-state index in [2.05, 4.69) is 39.8 Å². The molecule has 0 bridgehead atoms. The minimum absolute atomic E-state index is 0.369. The van der Waals surface area contributed by atoms with Crippen molar-refractivity contribution < 1.29 is 0 Å². The van der Waals surface area contributed by atoms with Gasteiger partial charge in [0.15, 0.2) is 0 Å². The fourth-order valence-electron chi connectivity index (χ4n) is 2.86. The van der Waals surface area contributed by atoms with E-state index in [1.54, 1.807) is 11.3 Å². The van der Waals surface area contributed by atoms with Gasteiger partial charge in [0.2, 0.25) is 5.95 Å². The second-order valence-corrected chi connectivity index (χ2v) is 7.35. The number of hydrogen-bond acceptors (Lipinski definition) is 6. The Morgan fingerprint density at radius 3 is 2.86 bits per heavy atom. The van der Waals surface area contributed by atoms with Gasteiger partial charge in [-0.25, -0.2) is 4.98 Å². The number of aryl methyl sites for hydroxylation is 1. The van der Waals surface area contributed by atoms with Gasteiger partial charge in [-0.2, -0.15) is 4.98 Å². The van der Waals surface area contributed by atoms with Crippen molar-refractivity contribution >= 4 is 33.3 Å². The molecular weight excluding hydrogens is 294 g/mol. The van der Waals surface area contributed by atoms with Crippen LogP contribution in [-0.2, 0) is 6.42 Å². The molecule has 2 aromatic heterocycles. The van der Waals surface area contributed by atoms with Crippen LogP contribution in [0.15, 0.2) is 5.38 Å². The van der Waals surface area contributed by atoms with Gasteiger partial charge in [-0.15, -0.1) is 11.3 Å². The predicted molar refractivity (Wildman–Crippen MR) is 94.5 cm³/mol. The normalized spacial score (nSPS) is 16.5. The molecule has 1 fully saturated rings. The summed E-state index contributed by atoms with van der Waals surface area (Å²) in [6, 6.07) is 0.472. The first-order chi connectivity index (χ1) is 10.6. The summed E-state index contributed by atoms with van der Waals surface area (Å²) in [5, 5.41) is 9.18. The summed E-state index contributed by atoms with van der Waals surface area (Å²) in [6.45, 7) is 6.63. The summed E-state index contributed by atoms with van der Waals surface area (Å²) in [5.41, 5.74) is 8.28. The van der Waals surface area contributed by atoms with Crippen LogP contribution in [0.2, 0.25) is 0 Å². The van der Waals surface area contributed by atoms with Crippen molar-refractivity contribution in [2.45, 2.75) is 45.6 Å². The first-order valence-corrected chi connectivity index (χ1v) is 9.02. The SMILES string of the molecule is CC(C)CCc1csc2c(NC3CCNCC3)nc(N)nc12. The lowest BCUT2D eigenvalue weighted by Crippen LogP contribution is -2.35. The van der Waals surface area contributed by atoms with Crippen LogP contribution in [0, 0.1) is 5.92 Å². The number of nitrogen functional groups attached to an aromatic ring is 1. The van der Waals surface area contributed by atoms with Crippen LogP contribution < -0.4 is 16.4 Å². The first kappa shape index (κ1) is 15.5. The van der Waals surface area contributed by atoms with Crippen LogP contribution in [-0.4, -0.2) is 29.1 Å². The summed E-state index contributed by atoms with van der Waals surface area (Å²) in [5.74, 6) is 1.98. The first-order valence-electron chi connectivity index (χ1n) is 8.14. The van der Waals surface area contributed by atoms with Crippen molar-refractivity contribution in [3.05, 3.63) is 10.9 Å². The van der Waals surface area contributed by atoms with Crippen molar-refractivity contribution in [1.29, 1.82) is 0 Å². The Hall–Kier alpha value is -1.40. The molecule has 1 aliphatic heterocycles. The average Bonchev–Trinajstić information content (AvgIpc) is 2.89. The van der Waals surface area contributed by atoms with E-state index in [0.29, 0.717) is 17.9 Å². The molecule has 1 aliphatic rings. The van der Waals surface area contributed by atoms with Crippen LogP contribution in [0.4, 0.5) is 11.8 Å². The molecule has 120 valence electrons. The molecule has 0 saturated carbocycles. The number of fused-ring (bicyclic) bond motifs is 1. The maximum Gasteiger partial charge on any atom is 0.222 e. The van der Waals surface area contributed by atoms with E-state index >= 15 is 0 Å². The molecule has 22 heavy (non-hydrogen) atoms. The van der Waals surface area contributed by atoms with E-state index in [9.17, 15) is 0 Å². The van der Waals surface area contributed by atoms with Crippen LogP contribution in [0.1, 0.15) is 38.7 Å². The lowest BCUT2D eigenvalue weighted by Gasteiger charge is -2.24. The second-order valence-electron chi connectivity index (χ2n) is 6.47. The quantitative estimate of drug-likeness (QED) is 0.790. The average molecular weight is 319 g/mol. The predicted octanol–water partition coefficient (Wildman–Crippen LogP) is 3.03. The van der Waals surface area contributed by atoms with Gasteiger partial charge in [0.05, 0.1) is 10.2 Å². The Balaban J connectivity index is 1.86. The Kier molecular flexibility index (Phi) is 4.78. The number of piperidine rings is 1. The van der Waals surface area contributed by atoms with Gasteiger partial charge in [-0.1, -0.05) is 13.8 Å². The highest BCUT2D eigenvalue weighted by Gasteiger charge is 2.17. The lowest BCUT2D eigenvalue weighted by atomic mass is 10.0. The lowest BCUT2D eigenvalue weighted by molar-refractivity contribution is 0.478. The Bertz CT molecular complexity index is 631. The summed E-state index contributed by atoms with van der Waals surface area (Å²) in [4.78, 5) is 8.94. The van der Waals surface area contributed by atoms with Crippen molar-refractivity contribution in [2.24, 2.45) is 5.92 Å². The van der Waals surface area contributed by atoms with Gasteiger partial charge in [-0.05, 0) is 55.6 Å². The topological polar surface area (TPSA) is 75.9 Å². The summed E-state index contributed by atoms with van der Waals surface area (Å²) in [7, 11) is 0. The van der Waals surface area contributed by atoms with E-state index in [1.807, 2.05) is 0 Å². The monoisotopic (exact) mass is 319 g/mol. The van der Waals surface area contributed by atoms with Crippen molar-refractivity contribution in [3.8, 4) is 0 Å². The smallest absolute Gasteiger partial charge is 0.222 e. The van der Waals surface area contributed by atoms with Crippen molar-refractivity contribution in [1.82, 2.24) is 15.3 Å². The molecule has 1 saturated heterocycles. The van der Waals surface area contributed by atoms with Crippen LogP contribution in [0.5, 0.6) is 0 Å². The third-order valence-electron chi connectivity index (χ3n) is 4.18. The summed E-state index contributed by atoms with van der Waals surface area (Å²) < 4.78 is 1.14. The van der Waals surface area contributed by atoms with Crippen molar-refractivity contribution in [3.63, 3.8) is 0 Å². The number of hydrogen-bond donors (Lipinski definition) is 3. The van der Waals surface area contributed by atoms with Crippen molar-refractivity contribution in [2.75, 3.05) is 24.1 Å². The maximum atomic E-state index is 5.94. The van der Waals surface area contributed by atoms with E-state index in [4.69, 9.17) is 5.73 Å². The molecule has 0 aliphatic carbocycles. The number of aromatic nitrogens is 2. The minimum Gasteiger partial charge on any atom is -0.368 e. The number of nitrogens with one attached hydrogen (secondary N) is 2. The largest absolute Gasteiger partial charge is 0.368 e. The standard InChI is InChI=1S/C16H25N5S/c1-10(2)3-4-11-9-22-14-13(11)20-16(17)21-15(14)19-12-5-7-18-8-6-12/h9-10,12,18H,3-8H2,1-2H3,(H3,17,19,20,21). The molecule has 5 nitrogen and oxygen atoms in total. The molecule has 3 rings (SSSR count). The molecule has 0 spiro atoms. The summed E-state index contributed by atoms with van der Waals surface area (Å²) in [6.07, 6.45) is 4.47. The van der Waals surface area contributed by atoms with Gasteiger partial charge >= 0.3 is 0 Å². The number of nitrogens with zero attached hydrogens (tertiary/aromatic N) is 2. The molecule has 2 aromatic rings. The van der Waals surface area contributed by atoms with Gasteiger partial charge in [0, 0.05) is 6.04 Å². The van der Waals surface area contributed by atoms with E-state index in [-0.39, 0.29) is 0 Å². The fraction of sp³-hybridized carbons (Fsp3) is 0.625. The zero-order valence-electron chi connectivity index (χ0n) is 13.4. The van der Waals surface area contributed by atoms with E-state index in [0.717, 1.165) is 48.4 Å². The number of thiophene rings is 1. The zero-order valence-corrected chi connectivity index (χ0v) is 14.2. The molecule has 0 unspecified atom stereocenters. The number of anilines is 2. The van der Waals surface area contributed by atoms with Crippen LogP contribution in [0.3, 0.4) is 0 Å². The van der Waals surface area contributed by atoms with E-state index < -0.39 is 0 Å². The number of nitrogens with two attached hydrogens (primary N) is 1. The molecule has 3 heterocycles. The molecule has 0 atom stereocenters. The van der Waals surface area contributed by atoms with Gasteiger partial charge in [0.25, 0.3) is 0 Å². The number of rotatable bonds is 5. The van der Waals surface area contributed by atoms with E-state index in [1.165, 1.54) is 12.0 Å². The maximum absolute atomic E-state index is 5.94. The highest BCUT2D eigenvalue weighted by atomic mass is 32.1. The van der Waals surface area contributed by atoms with Crippen LogP contribution in [0.25, 0.3) is 10.2 Å². The zero-order chi connectivity index (χ0) is 15.5. The van der Waals surface area contributed by atoms with Gasteiger partial charge in [-0.3, -0.25) is 0 Å². The highest BCUT2D eigenvalue weighted by Crippen LogP contribution is 2.32. The third-order valence-corrected chi connectivity index (χ3v) is 5.20. The molecule has 0 radical (unpaired) electrons. The highest BCUT2D eigenvalue weighted by molar-refractivity contribution is 7.18. The van der Waals surface area contributed by atoms with Crippen LogP contribution >= 0.6 is 11.3 Å². The molecule has 4 N–H and O–H groups in total. The molecule has 0 amide bonds. The van der Waals surface area contributed by atoms with Gasteiger partial charge in [0.1, 0.15) is 5.82 Å². The Morgan fingerprint density at radius 2 is 2.14 bits per heavy atom.